The minimum absolute atomic E-state index is 0.298. The van der Waals surface area contributed by atoms with Crippen LogP contribution in [0.25, 0.3) is 11.2 Å². The lowest BCUT2D eigenvalue weighted by Crippen LogP contribution is -2.31. The van der Waals surface area contributed by atoms with E-state index in [2.05, 4.69) is 20.3 Å². The first-order valence-corrected chi connectivity index (χ1v) is 10.4. The number of nitrogens with one attached hydrogen (secondary N) is 1. The van der Waals surface area contributed by atoms with Gasteiger partial charge in [-0.3, -0.25) is 4.57 Å². The Kier molecular flexibility index (Phi) is 5.52. The van der Waals surface area contributed by atoms with E-state index in [0.29, 0.717) is 35.4 Å². The Balaban J connectivity index is 1.37. The van der Waals surface area contributed by atoms with Crippen molar-refractivity contribution in [2.24, 2.45) is 0 Å². The predicted octanol–water partition coefficient (Wildman–Crippen LogP) is 2.96. The highest BCUT2D eigenvalue weighted by Gasteiger charge is 2.44. The number of aryl methyl sites for hydroxylation is 1. The summed E-state index contributed by atoms with van der Waals surface area (Å²) in [6, 6.07) is 16.0. The average molecular weight is 435 g/mol. The van der Waals surface area contributed by atoms with Crippen LogP contribution in [0.2, 0.25) is 0 Å². The number of hydrogen-bond donors (Lipinski definition) is 3. The van der Waals surface area contributed by atoms with Crippen LogP contribution in [-0.2, 0) is 11.2 Å². The van der Waals surface area contributed by atoms with Gasteiger partial charge in [-0.1, -0.05) is 36.4 Å². The Morgan fingerprint density at radius 2 is 1.75 bits per heavy atom. The summed E-state index contributed by atoms with van der Waals surface area (Å²) < 4.78 is 21.5. The maximum absolute atomic E-state index is 13.9. The zero-order chi connectivity index (χ0) is 22.1. The fourth-order valence-electron chi connectivity index (χ4n) is 3.98. The first-order chi connectivity index (χ1) is 15.6. The van der Waals surface area contributed by atoms with Gasteiger partial charge in [0.25, 0.3) is 0 Å². The molecule has 1 fully saturated rings. The topological polar surface area (TPSA) is 105 Å². The summed E-state index contributed by atoms with van der Waals surface area (Å²) in [6.07, 6.45) is -0.180. The normalized spacial score (nSPS) is 23.0. The number of aromatic nitrogens is 4. The van der Waals surface area contributed by atoms with Crippen LogP contribution in [0.1, 0.15) is 18.2 Å². The van der Waals surface area contributed by atoms with E-state index in [0.717, 1.165) is 5.69 Å². The monoisotopic (exact) mass is 435 g/mol. The van der Waals surface area contributed by atoms with Crippen molar-refractivity contribution in [1.29, 1.82) is 0 Å². The third kappa shape index (κ3) is 3.81. The van der Waals surface area contributed by atoms with Gasteiger partial charge in [0, 0.05) is 5.69 Å². The third-order valence-electron chi connectivity index (χ3n) is 5.66. The van der Waals surface area contributed by atoms with Crippen LogP contribution in [-0.4, -0.2) is 48.0 Å². The zero-order valence-electron chi connectivity index (χ0n) is 17.0. The molecule has 164 valence electrons. The fraction of sp³-hybridized carbons (Fsp3) is 0.261. The second-order valence-electron chi connectivity index (χ2n) is 7.71. The molecule has 0 bridgehead atoms. The van der Waals surface area contributed by atoms with Crippen LogP contribution in [0.4, 0.5) is 15.9 Å². The van der Waals surface area contributed by atoms with Crippen LogP contribution < -0.4 is 5.32 Å². The smallest absolute Gasteiger partial charge is 0.167 e. The molecule has 9 heteroatoms. The number of aliphatic hydroxyl groups excluding tert-OH is 2. The van der Waals surface area contributed by atoms with Crippen LogP contribution in [0.15, 0.2) is 67.3 Å². The molecule has 1 saturated heterocycles. The highest BCUT2D eigenvalue weighted by molar-refractivity contribution is 5.85. The first-order valence-electron chi connectivity index (χ1n) is 10.4. The van der Waals surface area contributed by atoms with Crippen LogP contribution in [0.3, 0.4) is 0 Å². The van der Waals surface area contributed by atoms with Gasteiger partial charge in [0.15, 0.2) is 23.2 Å². The van der Waals surface area contributed by atoms with Gasteiger partial charge in [-0.15, -0.1) is 0 Å². The lowest BCUT2D eigenvalue weighted by molar-refractivity contribution is -0.0368. The van der Waals surface area contributed by atoms with E-state index in [1.165, 1.54) is 18.7 Å². The van der Waals surface area contributed by atoms with Crippen LogP contribution >= 0.6 is 0 Å². The molecule has 1 aliphatic rings. The average Bonchev–Trinajstić information content (AvgIpc) is 3.36. The molecule has 5 rings (SSSR count). The Morgan fingerprint density at radius 1 is 0.969 bits per heavy atom. The van der Waals surface area contributed by atoms with Gasteiger partial charge in [-0.2, -0.15) is 0 Å². The molecule has 0 saturated carbocycles. The van der Waals surface area contributed by atoms with Gasteiger partial charge >= 0.3 is 0 Å². The molecule has 4 aromatic rings. The number of anilines is 2. The summed E-state index contributed by atoms with van der Waals surface area (Å²) in [6.45, 7) is 0. The molecule has 1 aliphatic heterocycles. The minimum Gasteiger partial charge on any atom is -0.388 e. The van der Waals surface area contributed by atoms with Gasteiger partial charge in [0.2, 0.25) is 0 Å². The zero-order valence-corrected chi connectivity index (χ0v) is 17.0. The second kappa shape index (κ2) is 8.62. The molecule has 3 heterocycles. The summed E-state index contributed by atoms with van der Waals surface area (Å²) in [5.41, 5.74) is 2.36. The summed E-state index contributed by atoms with van der Waals surface area (Å²) >= 11 is 0. The number of nitrogens with zero attached hydrogens (tertiary/aromatic N) is 4. The number of halogens is 1. The van der Waals surface area contributed by atoms with Crippen LogP contribution in [0.5, 0.6) is 0 Å². The Labute approximate surface area is 183 Å². The van der Waals surface area contributed by atoms with E-state index >= 15 is 0 Å². The Bertz CT molecular complexity index is 1220. The Hall–Kier alpha value is -3.40. The van der Waals surface area contributed by atoms with E-state index in [1.54, 1.807) is 22.8 Å². The molecule has 0 spiro atoms. The number of ether oxygens (including phenoxy) is 1. The maximum Gasteiger partial charge on any atom is 0.167 e. The van der Waals surface area contributed by atoms with Gasteiger partial charge in [0.05, 0.1) is 12.4 Å². The van der Waals surface area contributed by atoms with Crippen molar-refractivity contribution in [2.75, 3.05) is 5.32 Å². The highest BCUT2D eigenvalue weighted by atomic mass is 19.1. The molecule has 0 aliphatic carbocycles. The Morgan fingerprint density at radius 3 is 2.56 bits per heavy atom. The fourth-order valence-corrected chi connectivity index (χ4v) is 3.98. The van der Waals surface area contributed by atoms with Crippen molar-refractivity contribution < 1.29 is 19.3 Å². The lowest BCUT2D eigenvalue weighted by Gasteiger charge is -2.16. The molecule has 0 radical (unpaired) electrons. The SMILES string of the molecule is O[C@@H]1[C@H](O)[C@@H](CCc2ccccc2F)O[C@H]1n1cnc2c(Nc3ccccc3)ncnc21. The van der Waals surface area contributed by atoms with Crippen molar-refractivity contribution in [1.82, 2.24) is 19.5 Å². The molecule has 4 atom stereocenters. The minimum atomic E-state index is -1.18. The molecular weight excluding hydrogens is 413 g/mol. The van der Waals surface area contributed by atoms with E-state index < -0.39 is 24.5 Å². The van der Waals surface area contributed by atoms with E-state index in [4.69, 9.17) is 4.74 Å². The van der Waals surface area contributed by atoms with Crippen molar-refractivity contribution in [3.8, 4) is 0 Å². The summed E-state index contributed by atoms with van der Waals surface area (Å²) in [7, 11) is 0. The summed E-state index contributed by atoms with van der Waals surface area (Å²) in [5, 5.41) is 24.4. The predicted molar refractivity (Wildman–Crippen MR) is 116 cm³/mol. The molecular formula is C23H22FN5O3. The number of aliphatic hydroxyl groups is 2. The third-order valence-corrected chi connectivity index (χ3v) is 5.66. The number of imidazole rings is 1. The number of benzene rings is 2. The van der Waals surface area contributed by atoms with Crippen molar-refractivity contribution in [3.05, 3.63) is 78.6 Å². The number of fused-ring (bicyclic) bond motifs is 1. The molecule has 2 aromatic heterocycles. The number of rotatable bonds is 6. The van der Waals surface area contributed by atoms with Gasteiger partial charge < -0.3 is 20.3 Å². The van der Waals surface area contributed by atoms with E-state index in [1.807, 2.05) is 30.3 Å². The van der Waals surface area contributed by atoms with E-state index in [-0.39, 0.29) is 5.82 Å². The maximum atomic E-state index is 13.9. The van der Waals surface area contributed by atoms with Crippen molar-refractivity contribution >= 4 is 22.7 Å². The van der Waals surface area contributed by atoms with Gasteiger partial charge in [-0.25, -0.2) is 19.3 Å². The van der Waals surface area contributed by atoms with Crippen LogP contribution in [0, 0.1) is 5.82 Å². The highest BCUT2D eigenvalue weighted by Crippen LogP contribution is 2.34. The number of hydrogen-bond acceptors (Lipinski definition) is 7. The van der Waals surface area contributed by atoms with Gasteiger partial charge in [-0.05, 0) is 36.6 Å². The summed E-state index contributed by atoms with van der Waals surface area (Å²) in [4.78, 5) is 13.0. The van der Waals surface area contributed by atoms with Gasteiger partial charge in [0.1, 0.15) is 24.4 Å². The standard InChI is InChI=1S/C23H22FN5O3/c24-16-9-5-4-6-14(16)10-11-17-19(30)20(31)23(32-17)29-13-27-18-21(25-12-26-22(18)29)28-15-7-2-1-3-8-15/h1-9,12-13,17,19-20,23,30-31H,10-11H2,(H,25,26,28)/t17-,19-,20-,23-/m1/s1. The number of para-hydroxylation sites is 1. The first kappa shape index (κ1) is 20.5. The second-order valence-corrected chi connectivity index (χ2v) is 7.71. The quantitative estimate of drug-likeness (QED) is 0.428. The molecule has 8 nitrogen and oxygen atoms in total. The largest absolute Gasteiger partial charge is 0.388 e. The molecule has 2 aromatic carbocycles. The molecule has 0 unspecified atom stereocenters. The van der Waals surface area contributed by atoms with E-state index in [9.17, 15) is 14.6 Å². The molecule has 3 N–H and O–H groups in total. The lowest BCUT2D eigenvalue weighted by atomic mass is 10.0. The van der Waals surface area contributed by atoms with Crippen molar-refractivity contribution in [2.45, 2.75) is 37.4 Å². The molecule has 0 amide bonds. The van der Waals surface area contributed by atoms with Crippen molar-refractivity contribution in [3.63, 3.8) is 0 Å². The summed E-state index contributed by atoms with van der Waals surface area (Å²) in [5.74, 6) is 0.219. The molecule has 32 heavy (non-hydrogen) atoms.